The number of piperazine rings is 1. The quantitative estimate of drug-likeness (QED) is 0.484. The maximum atomic E-state index is 10.7. The van der Waals surface area contributed by atoms with Crippen molar-refractivity contribution < 1.29 is 5.11 Å². The zero-order chi connectivity index (χ0) is 24.2. The van der Waals surface area contributed by atoms with Crippen LogP contribution in [0.25, 0.3) is 11.1 Å². The molecule has 2 aromatic carbocycles. The highest BCUT2D eigenvalue weighted by molar-refractivity contribution is 7.15. The molecule has 7 heteroatoms. The van der Waals surface area contributed by atoms with Gasteiger partial charge in [-0.1, -0.05) is 43.3 Å². The van der Waals surface area contributed by atoms with Crippen LogP contribution in [0.4, 0.5) is 10.8 Å². The molecular formula is C28H37N5OS. The van der Waals surface area contributed by atoms with Gasteiger partial charge in [0, 0.05) is 50.2 Å². The maximum Gasteiger partial charge on any atom is 0.180 e. The van der Waals surface area contributed by atoms with E-state index < -0.39 is 0 Å². The average Bonchev–Trinajstić information content (AvgIpc) is 3.26. The third kappa shape index (κ3) is 5.63. The summed E-state index contributed by atoms with van der Waals surface area (Å²) in [6.45, 7) is 9.58. The summed E-state index contributed by atoms with van der Waals surface area (Å²) in [6.07, 6.45) is 4.51. The minimum atomic E-state index is 0.370. The second-order valence-corrected chi connectivity index (χ2v) is 10.9. The van der Waals surface area contributed by atoms with Crippen molar-refractivity contribution in [2.75, 3.05) is 56.4 Å². The molecule has 186 valence electrons. The van der Waals surface area contributed by atoms with Gasteiger partial charge in [-0.05, 0) is 55.5 Å². The average molecular weight is 492 g/mol. The largest absolute Gasteiger partial charge is 0.506 e. The Bertz CT molecular complexity index is 1110. The standard InChI is InChI=1S/C28H37N5OS/c1-2-12-32(23-9-10-24-27(20-23)35-28(29)30-24)16-13-31-14-17-33(18-15-31)25-11-8-22(19-26(25)34)21-6-4-3-5-7-21/h3-8,11,19,23,34H,2,9-10,12-18,20H2,1H3,(H2,29,30). The number of hydrogen-bond acceptors (Lipinski definition) is 7. The first-order chi connectivity index (χ1) is 17.1. The molecule has 2 heterocycles. The Morgan fingerprint density at radius 3 is 2.60 bits per heavy atom. The zero-order valence-corrected chi connectivity index (χ0v) is 21.5. The van der Waals surface area contributed by atoms with E-state index in [0.717, 1.165) is 80.6 Å². The highest BCUT2D eigenvalue weighted by atomic mass is 32.1. The van der Waals surface area contributed by atoms with Gasteiger partial charge < -0.3 is 15.7 Å². The number of fused-ring (bicyclic) bond motifs is 1. The second kappa shape index (κ2) is 11.0. The highest BCUT2D eigenvalue weighted by Gasteiger charge is 2.27. The number of rotatable bonds is 8. The molecule has 1 saturated heterocycles. The smallest absolute Gasteiger partial charge is 0.180 e. The molecule has 0 saturated carbocycles. The summed E-state index contributed by atoms with van der Waals surface area (Å²) in [7, 11) is 0. The van der Waals surface area contributed by atoms with Crippen LogP contribution in [0.1, 0.15) is 30.3 Å². The van der Waals surface area contributed by atoms with Crippen molar-refractivity contribution >= 4 is 22.2 Å². The van der Waals surface area contributed by atoms with E-state index in [0.29, 0.717) is 11.8 Å². The van der Waals surface area contributed by atoms with Crippen LogP contribution < -0.4 is 10.6 Å². The van der Waals surface area contributed by atoms with Crippen molar-refractivity contribution in [3.05, 3.63) is 59.1 Å². The van der Waals surface area contributed by atoms with Gasteiger partial charge in [0.05, 0.1) is 11.4 Å². The molecule has 0 bridgehead atoms. The van der Waals surface area contributed by atoms with E-state index >= 15 is 0 Å². The van der Waals surface area contributed by atoms with Gasteiger partial charge in [-0.25, -0.2) is 4.98 Å². The van der Waals surface area contributed by atoms with Gasteiger partial charge in [-0.2, -0.15) is 0 Å². The minimum absolute atomic E-state index is 0.370. The maximum absolute atomic E-state index is 10.7. The first-order valence-electron chi connectivity index (χ1n) is 12.9. The Balaban J connectivity index is 1.14. The van der Waals surface area contributed by atoms with Crippen LogP contribution in [0.2, 0.25) is 0 Å². The highest BCUT2D eigenvalue weighted by Crippen LogP contribution is 2.33. The Labute approximate surface area is 213 Å². The van der Waals surface area contributed by atoms with E-state index in [4.69, 9.17) is 5.73 Å². The fourth-order valence-corrected chi connectivity index (χ4v) is 6.49. The van der Waals surface area contributed by atoms with Crippen LogP contribution in [-0.2, 0) is 12.8 Å². The normalized spacial score (nSPS) is 18.7. The number of hydrogen-bond donors (Lipinski definition) is 2. The van der Waals surface area contributed by atoms with Crippen LogP contribution in [0.5, 0.6) is 5.75 Å². The number of nitrogens with zero attached hydrogens (tertiary/aromatic N) is 4. The summed E-state index contributed by atoms with van der Waals surface area (Å²) in [4.78, 5) is 13.5. The molecule has 0 spiro atoms. The van der Waals surface area contributed by atoms with Crippen LogP contribution in [0.15, 0.2) is 48.5 Å². The van der Waals surface area contributed by atoms with Gasteiger partial charge >= 0.3 is 0 Å². The summed E-state index contributed by atoms with van der Waals surface area (Å²) in [5, 5.41) is 11.5. The predicted octanol–water partition coefficient (Wildman–Crippen LogP) is 4.49. The lowest BCUT2D eigenvalue weighted by Gasteiger charge is -2.39. The van der Waals surface area contributed by atoms with E-state index in [1.165, 1.54) is 23.4 Å². The van der Waals surface area contributed by atoms with Crippen LogP contribution >= 0.6 is 11.3 Å². The van der Waals surface area contributed by atoms with Gasteiger partial charge in [0.15, 0.2) is 5.13 Å². The Hall–Kier alpha value is -2.61. The van der Waals surface area contributed by atoms with E-state index in [1.807, 2.05) is 24.3 Å². The van der Waals surface area contributed by atoms with Crippen LogP contribution in [0.3, 0.4) is 0 Å². The summed E-state index contributed by atoms with van der Waals surface area (Å²) in [6, 6.07) is 16.9. The molecule has 35 heavy (non-hydrogen) atoms. The van der Waals surface area contributed by atoms with Gasteiger partial charge in [-0.3, -0.25) is 9.80 Å². The number of phenols is 1. The topological polar surface area (TPSA) is 68.9 Å². The molecule has 1 unspecified atom stereocenters. The lowest BCUT2D eigenvalue weighted by atomic mass is 9.96. The second-order valence-electron chi connectivity index (χ2n) is 9.75. The van der Waals surface area contributed by atoms with E-state index in [9.17, 15) is 5.11 Å². The van der Waals surface area contributed by atoms with Crippen molar-refractivity contribution in [1.82, 2.24) is 14.8 Å². The molecule has 5 rings (SSSR count). The van der Waals surface area contributed by atoms with Gasteiger partial charge in [0.2, 0.25) is 0 Å². The van der Waals surface area contributed by atoms with E-state index in [1.54, 1.807) is 11.3 Å². The molecule has 3 aromatic rings. The van der Waals surface area contributed by atoms with E-state index in [2.05, 4.69) is 50.9 Å². The molecule has 1 aliphatic heterocycles. The van der Waals surface area contributed by atoms with Gasteiger partial charge in [0.25, 0.3) is 0 Å². The number of nitrogens with two attached hydrogens (primary N) is 1. The zero-order valence-electron chi connectivity index (χ0n) is 20.7. The molecule has 2 aliphatic rings. The fourth-order valence-electron chi connectivity index (χ4n) is 5.54. The molecule has 1 aromatic heterocycles. The number of benzene rings is 2. The predicted molar refractivity (Wildman–Crippen MR) is 146 cm³/mol. The molecule has 0 radical (unpaired) electrons. The first kappa shape index (κ1) is 24.1. The molecular weight excluding hydrogens is 454 g/mol. The lowest BCUT2D eigenvalue weighted by molar-refractivity contribution is 0.146. The number of phenolic OH excluding ortho intramolecular Hbond substituents is 1. The Morgan fingerprint density at radius 2 is 1.86 bits per heavy atom. The van der Waals surface area contributed by atoms with Crippen molar-refractivity contribution in [1.29, 1.82) is 0 Å². The van der Waals surface area contributed by atoms with Crippen LogP contribution in [0, 0.1) is 0 Å². The van der Waals surface area contributed by atoms with E-state index in [-0.39, 0.29) is 0 Å². The number of nitrogen functional groups attached to an aromatic ring is 1. The number of anilines is 2. The number of aromatic hydroxyl groups is 1. The summed E-state index contributed by atoms with van der Waals surface area (Å²) >= 11 is 1.68. The summed E-state index contributed by atoms with van der Waals surface area (Å²) in [5.74, 6) is 0.370. The van der Waals surface area contributed by atoms with Crippen molar-refractivity contribution in [2.45, 2.75) is 38.6 Å². The SMILES string of the molecule is CCCN(CCN1CCN(c2ccc(-c3ccccc3)cc2O)CC1)C1CCc2nc(N)sc2C1. The molecule has 0 amide bonds. The minimum Gasteiger partial charge on any atom is -0.506 e. The number of thiazole rings is 1. The van der Waals surface area contributed by atoms with Crippen molar-refractivity contribution in [3.8, 4) is 16.9 Å². The molecule has 1 atom stereocenters. The molecule has 1 aliphatic carbocycles. The molecule has 1 fully saturated rings. The van der Waals surface area contributed by atoms with Gasteiger partial charge in [0.1, 0.15) is 5.75 Å². The number of aryl methyl sites for hydroxylation is 1. The number of aromatic nitrogens is 1. The molecule has 6 nitrogen and oxygen atoms in total. The Kier molecular flexibility index (Phi) is 7.56. The van der Waals surface area contributed by atoms with Gasteiger partial charge in [-0.15, -0.1) is 11.3 Å². The summed E-state index contributed by atoms with van der Waals surface area (Å²) < 4.78 is 0. The van der Waals surface area contributed by atoms with Crippen LogP contribution in [-0.4, -0.2) is 71.7 Å². The first-order valence-corrected chi connectivity index (χ1v) is 13.8. The third-order valence-corrected chi connectivity index (χ3v) is 8.41. The Morgan fingerprint density at radius 1 is 1.06 bits per heavy atom. The molecule has 3 N–H and O–H groups in total. The fraction of sp³-hybridized carbons (Fsp3) is 0.464. The third-order valence-electron chi connectivity index (χ3n) is 7.46. The van der Waals surface area contributed by atoms with Crippen molar-refractivity contribution in [2.24, 2.45) is 0 Å². The lowest BCUT2D eigenvalue weighted by Crippen LogP contribution is -2.50. The monoisotopic (exact) mass is 491 g/mol. The summed E-state index contributed by atoms with van der Waals surface area (Å²) in [5.41, 5.74) is 10.3. The van der Waals surface area contributed by atoms with Crippen molar-refractivity contribution in [3.63, 3.8) is 0 Å².